The fourth-order valence-electron chi connectivity index (χ4n) is 3.30. The van der Waals surface area contributed by atoms with E-state index in [-0.39, 0.29) is 17.0 Å². The lowest BCUT2D eigenvalue weighted by Crippen LogP contribution is -2.32. The SMILES string of the molecule is CCCC/C(O)=C1\C(=O)CC(C)(C)C\C1=N/c1nc2ccccc2[nH]1. The van der Waals surface area contributed by atoms with Crippen LogP contribution in [0.3, 0.4) is 0 Å². The van der Waals surface area contributed by atoms with Crippen LogP contribution in [-0.2, 0) is 4.79 Å². The minimum atomic E-state index is -0.170. The number of unbranched alkanes of at least 4 members (excludes halogenated alkanes) is 1. The predicted octanol–water partition coefficient (Wildman–Crippen LogP) is 5.03. The maximum atomic E-state index is 12.7. The zero-order valence-corrected chi connectivity index (χ0v) is 15.1. The van der Waals surface area contributed by atoms with Crippen molar-refractivity contribution in [2.75, 3.05) is 0 Å². The number of aromatic nitrogens is 2. The van der Waals surface area contributed by atoms with Crippen molar-refractivity contribution in [2.24, 2.45) is 10.4 Å². The number of aromatic amines is 1. The molecule has 25 heavy (non-hydrogen) atoms. The van der Waals surface area contributed by atoms with Crippen LogP contribution in [0.15, 0.2) is 40.6 Å². The molecule has 0 aliphatic heterocycles. The zero-order valence-electron chi connectivity index (χ0n) is 15.1. The van der Waals surface area contributed by atoms with Crippen molar-refractivity contribution in [1.29, 1.82) is 0 Å². The molecule has 2 N–H and O–H groups in total. The number of H-pyrrole nitrogens is 1. The van der Waals surface area contributed by atoms with Crippen LogP contribution in [0.25, 0.3) is 11.0 Å². The molecule has 0 amide bonds. The zero-order chi connectivity index (χ0) is 18.0. The first-order valence-corrected chi connectivity index (χ1v) is 8.87. The molecule has 2 aromatic rings. The Labute approximate surface area is 147 Å². The van der Waals surface area contributed by atoms with Gasteiger partial charge >= 0.3 is 0 Å². The Bertz CT molecular complexity index is 826. The average molecular weight is 339 g/mol. The summed E-state index contributed by atoms with van der Waals surface area (Å²) in [6, 6.07) is 7.72. The second-order valence-corrected chi connectivity index (χ2v) is 7.50. The van der Waals surface area contributed by atoms with Crippen molar-refractivity contribution in [2.45, 2.75) is 52.9 Å². The lowest BCUT2D eigenvalue weighted by molar-refractivity contribution is -0.117. The number of para-hydroxylation sites is 2. The highest BCUT2D eigenvalue weighted by Gasteiger charge is 2.36. The standard InChI is InChI=1S/C20H25N3O2/c1-4-5-10-16(24)18-15(11-20(2,3)12-17(18)25)23-19-21-13-8-6-7-9-14(13)22-19/h6-9,24H,4-5,10-12H2,1-3H3,(H,21,22)/b18-16+,23-15+. The predicted molar refractivity (Wildman–Crippen MR) is 100 cm³/mol. The first-order chi connectivity index (χ1) is 11.9. The highest BCUT2D eigenvalue weighted by molar-refractivity contribution is 6.25. The van der Waals surface area contributed by atoms with E-state index in [1.807, 2.05) is 24.3 Å². The first-order valence-electron chi connectivity index (χ1n) is 8.87. The summed E-state index contributed by atoms with van der Waals surface area (Å²) in [7, 11) is 0. The van der Waals surface area contributed by atoms with E-state index in [1.165, 1.54) is 0 Å². The number of ketones is 1. The minimum Gasteiger partial charge on any atom is -0.511 e. The highest BCUT2D eigenvalue weighted by Crippen LogP contribution is 2.36. The van der Waals surface area contributed by atoms with Gasteiger partial charge in [0.15, 0.2) is 5.78 Å². The van der Waals surface area contributed by atoms with E-state index in [1.54, 1.807) is 0 Å². The molecule has 1 aromatic heterocycles. The second kappa shape index (κ2) is 6.82. The Hall–Kier alpha value is -2.43. The van der Waals surface area contributed by atoms with Crippen LogP contribution in [0.2, 0.25) is 0 Å². The van der Waals surface area contributed by atoms with Gasteiger partial charge in [0.25, 0.3) is 0 Å². The van der Waals surface area contributed by atoms with Crippen molar-refractivity contribution in [1.82, 2.24) is 9.97 Å². The summed E-state index contributed by atoms with van der Waals surface area (Å²) in [5.74, 6) is 0.611. The molecule has 5 heteroatoms. The molecule has 0 saturated heterocycles. The summed E-state index contributed by atoms with van der Waals surface area (Å²) in [6.45, 7) is 6.17. The number of aliphatic hydroxyl groups is 1. The number of aliphatic hydroxyl groups excluding tert-OH is 1. The van der Waals surface area contributed by atoms with Crippen molar-refractivity contribution in [3.63, 3.8) is 0 Å². The van der Waals surface area contributed by atoms with Crippen LogP contribution in [0.5, 0.6) is 0 Å². The number of rotatable bonds is 4. The van der Waals surface area contributed by atoms with Gasteiger partial charge in [-0.15, -0.1) is 0 Å². The Morgan fingerprint density at radius 1 is 1.32 bits per heavy atom. The monoisotopic (exact) mass is 339 g/mol. The highest BCUT2D eigenvalue weighted by atomic mass is 16.3. The molecule has 1 aromatic carbocycles. The van der Waals surface area contributed by atoms with Gasteiger partial charge in [0, 0.05) is 12.8 Å². The van der Waals surface area contributed by atoms with Crippen molar-refractivity contribution in [3.05, 3.63) is 35.6 Å². The fraction of sp³-hybridized carbons (Fsp3) is 0.450. The van der Waals surface area contributed by atoms with Crippen LogP contribution in [0.4, 0.5) is 5.95 Å². The average Bonchev–Trinajstić information content (AvgIpc) is 2.93. The Morgan fingerprint density at radius 3 is 2.80 bits per heavy atom. The third-order valence-electron chi connectivity index (χ3n) is 4.53. The quantitative estimate of drug-likeness (QED) is 0.606. The van der Waals surface area contributed by atoms with E-state index in [9.17, 15) is 9.90 Å². The normalized spacial score (nSPS) is 21.1. The molecule has 1 fully saturated rings. The lowest BCUT2D eigenvalue weighted by atomic mass is 9.73. The molecule has 0 radical (unpaired) electrons. The summed E-state index contributed by atoms with van der Waals surface area (Å²) in [4.78, 5) is 24.9. The number of carbonyl (C=O) groups excluding carboxylic acids is 1. The van der Waals surface area contributed by atoms with Gasteiger partial charge in [-0.1, -0.05) is 39.3 Å². The number of nitrogens with one attached hydrogen (secondary N) is 1. The molecule has 0 unspecified atom stereocenters. The summed E-state index contributed by atoms with van der Waals surface area (Å²) < 4.78 is 0. The number of nitrogens with zero attached hydrogens (tertiary/aromatic N) is 2. The van der Waals surface area contributed by atoms with Gasteiger partial charge < -0.3 is 10.1 Å². The molecule has 132 valence electrons. The number of Topliss-reactive ketones (excluding diaryl/α,β-unsaturated/α-hetero) is 1. The third-order valence-corrected chi connectivity index (χ3v) is 4.53. The van der Waals surface area contributed by atoms with E-state index in [4.69, 9.17) is 0 Å². The van der Waals surface area contributed by atoms with Gasteiger partial charge in [-0.05, 0) is 30.4 Å². The van der Waals surface area contributed by atoms with Crippen LogP contribution in [0.1, 0.15) is 52.9 Å². The van der Waals surface area contributed by atoms with Crippen LogP contribution < -0.4 is 0 Å². The van der Waals surface area contributed by atoms with Crippen LogP contribution in [-0.4, -0.2) is 26.6 Å². The number of hydrogen-bond donors (Lipinski definition) is 2. The number of hydrogen-bond acceptors (Lipinski definition) is 4. The Balaban J connectivity index is 2.05. The number of benzene rings is 1. The van der Waals surface area contributed by atoms with Gasteiger partial charge in [-0.2, -0.15) is 0 Å². The molecule has 3 rings (SSSR count). The number of allylic oxidation sites excluding steroid dienone is 2. The molecule has 1 heterocycles. The third kappa shape index (κ3) is 3.81. The number of fused-ring (bicyclic) bond motifs is 1. The van der Waals surface area contributed by atoms with E-state index >= 15 is 0 Å². The number of imidazole rings is 1. The Kier molecular flexibility index (Phi) is 4.75. The van der Waals surface area contributed by atoms with E-state index in [2.05, 4.69) is 35.7 Å². The molecule has 1 aliphatic rings. The van der Waals surface area contributed by atoms with Crippen molar-refractivity contribution in [3.8, 4) is 0 Å². The minimum absolute atomic E-state index is 0.0280. The smallest absolute Gasteiger partial charge is 0.228 e. The van der Waals surface area contributed by atoms with Crippen LogP contribution in [0, 0.1) is 5.41 Å². The molecular weight excluding hydrogens is 314 g/mol. The largest absolute Gasteiger partial charge is 0.511 e. The molecule has 0 spiro atoms. The molecule has 0 atom stereocenters. The topological polar surface area (TPSA) is 78.3 Å². The van der Waals surface area contributed by atoms with Crippen molar-refractivity contribution < 1.29 is 9.90 Å². The summed E-state index contributed by atoms with van der Waals surface area (Å²) in [6.07, 6.45) is 3.40. The van der Waals surface area contributed by atoms with Gasteiger partial charge in [0.2, 0.25) is 5.95 Å². The van der Waals surface area contributed by atoms with E-state index in [0.29, 0.717) is 36.5 Å². The molecular formula is C20H25N3O2. The van der Waals surface area contributed by atoms with E-state index in [0.717, 1.165) is 23.9 Å². The maximum Gasteiger partial charge on any atom is 0.228 e. The molecule has 0 bridgehead atoms. The van der Waals surface area contributed by atoms with Gasteiger partial charge in [-0.25, -0.2) is 9.98 Å². The molecule has 1 saturated carbocycles. The second-order valence-electron chi connectivity index (χ2n) is 7.50. The maximum absolute atomic E-state index is 12.7. The van der Waals surface area contributed by atoms with Gasteiger partial charge in [0.05, 0.1) is 22.3 Å². The van der Waals surface area contributed by atoms with Gasteiger partial charge in [0.1, 0.15) is 5.76 Å². The summed E-state index contributed by atoms with van der Waals surface area (Å²) in [5, 5.41) is 10.5. The molecule has 5 nitrogen and oxygen atoms in total. The number of aliphatic imine (C=N–C) groups is 1. The summed E-state index contributed by atoms with van der Waals surface area (Å²) >= 11 is 0. The van der Waals surface area contributed by atoms with Gasteiger partial charge in [-0.3, -0.25) is 4.79 Å². The fourth-order valence-corrected chi connectivity index (χ4v) is 3.30. The summed E-state index contributed by atoms with van der Waals surface area (Å²) in [5.41, 5.74) is 2.60. The van der Waals surface area contributed by atoms with Crippen LogP contribution >= 0.6 is 0 Å². The first kappa shape index (κ1) is 17.4. The van der Waals surface area contributed by atoms with E-state index < -0.39 is 0 Å². The lowest BCUT2D eigenvalue weighted by Gasteiger charge is -2.31. The van der Waals surface area contributed by atoms with Crippen molar-refractivity contribution >= 4 is 28.5 Å². The molecule has 1 aliphatic carbocycles. The number of carbonyl (C=O) groups is 1. The Morgan fingerprint density at radius 2 is 2.08 bits per heavy atom.